The molecule has 0 spiro atoms. The first kappa shape index (κ1) is 33.1. The number of halogens is 5. The molecule has 4 aromatic rings. The van der Waals surface area contributed by atoms with Gasteiger partial charge in [-0.1, -0.05) is 47.5 Å². The van der Waals surface area contributed by atoms with Crippen LogP contribution in [0.4, 0.5) is 24.5 Å². The smallest absolute Gasteiger partial charge is 0.383 e. The number of sulfonamides is 1. The number of pyridine rings is 1. The highest BCUT2D eigenvalue weighted by Crippen LogP contribution is 2.39. The summed E-state index contributed by atoms with van der Waals surface area (Å²) in [5.74, 6) is -0.262. The maximum Gasteiger partial charge on any atom is 0.511 e. The Kier molecular flexibility index (Phi) is 10.00. The number of rotatable bonds is 10. The number of fused-ring (bicyclic) bond motifs is 1. The van der Waals surface area contributed by atoms with Crippen molar-refractivity contribution in [1.82, 2.24) is 9.29 Å². The van der Waals surface area contributed by atoms with Crippen LogP contribution in [0, 0.1) is 0 Å². The molecule has 0 bridgehead atoms. The molecule has 3 N–H and O–H groups in total. The van der Waals surface area contributed by atoms with E-state index in [9.17, 15) is 26.4 Å². The molecule has 1 aliphatic rings. The van der Waals surface area contributed by atoms with E-state index < -0.39 is 15.5 Å². The molecule has 1 aliphatic heterocycles. The van der Waals surface area contributed by atoms with Crippen LogP contribution in [-0.4, -0.2) is 62.6 Å². The Morgan fingerprint density at radius 2 is 1.51 bits per heavy atom. The summed E-state index contributed by atoms with van der Waals surface area (Å²) in [4.78, 5) is 15.8. The van der Waals surface area contributed by atoms with Crippen LogP contribution in [0.3, 0.4) is 0 Å². The molecular formula is C31H31Cl2F3N4O4S. The third-order valence-corrected chi connectivity index (χ3v) is 9.92. The predicted molar refractivity (Wildman–Crippen MR) is 172 cm³/mol. The molecule has 240 valence electrons. The molecule has 45 heavy (non-hydrogen) atoms. The van der Waals surface area contributed by atoms with Crippen molar-refractivity contribution in [1.29, 1.82) is 0 Å². The summed E-state index contributed by atoms with van der Waals surface area (Å²) >= 11 is 12.4. The van der Waals surface area contributed by atoms with Crippen LogP contribution in [0.15, 0.2) is 71.5 Å². The van der Waals surface area contributed by atoms with E-state index in [-0.39, 0.29) is 43.5 Å². The van der Waals surface area contributed by atoms with Gasteiger partial charge in [0.15, 0.2) is 0 Å². The second kappa shape index (κ2) is 13.6. The van der Waals surface area contributed by atoms with Crippen LogP contribution in [0.2, 0.25) is 10.0 Å². The van der Waals surface area contributed by atoms with Crippen molar-refractivity contribution in [2.45, 2.75) is 30.3 Å². The third-order valence-electron chi connectivity index (χ3n) is 7.78. The molecule has 0 saturated carbocycles. The summed E-state index contributed by atoms with van der Waals surface area (Å²) in [7, 11) is -3.83. The fourth-order valence-electron chi connectivity index (χ4n) is 5.59. The first-order valence-electron chi connectivity index (χ1n) is 14.1. The Morgan fingerprint density at radius 3 is 2.04 bits per heavy atom. The number of methoxy groups -OCH3 is 1. The Hall–Kier alpha value is -3.29. The molecule has 0 radical (unpaired) electrons. The fraction of sp³-hybridized carbons (Fsp3) is 0.323. The number of aromatic amines is 1. The van der Waals surface area contributed by atoms with E-state index in [4.69, 9.17) is 27.9 Å². The molecule has 1 saturated heterocycles. The molecule has 5 rings (SSSR count). The minimum absolute atomic E-state index is 0.125. The van der Waals surface area contributed by atoms with Crippen LogP contribution in [-0.2, 0) is 14.8 Å². The molecule has 1 aromatic heterocycles. The number of benzene rings is 3. The molecule has 3 aromatic carbocycles. The number of ether oxygens (including phenoxy) is 1. The molecular weight excluding hydrogens is 652 g/mol. The average Bonchev–Trinajstić information content (AvgIpc) is 2.99. The number of H-pyrrole nitrogens is 1. The number of aromatic nitrogens is 1. The van der Waals surface area contributed by atoms with Gasteiger partial charge in [0.05, 0.1) is 17.8 Å². The minimum Gasteiger partial charge on any atom is -0.383 e. The van der Waals surface area contributed by atoms with Gasteiger partial charge in [-0.15, -0.1) is 0 Å². The highest BCUT2D eigenvalue weighted by molar-refractivity contribution is 7.90. The van der Waals surface area contributed by atoms with Gasteiger partial charge in [0.1, 0.15) is 0 Å². The lowest BCUT2D eigenvalue weighted by molar-refractivity contribution is -0.0494. The highest BCUT2D eigenvalue weighted by Gasteiger charge is 2.50. The standard InChI is InChI=1S/C31H31Cl2F3N4O4S/c1-44-15-12-37-27-17-21(29(19-2-6-22(32)7-3-19)20-4-8-23(33)9-5-20)16-25-26(18-28(41)39-30(25)27)38-24-10-13-40(14-11-24)45(42,43)31(34,35)36/h2-9,16-18,24,29,37H,10-15H2,1H3,(H2,38,39,41). The van der Waals surface area contributed by atoms with Gasteiger partial charge in [-0.2, -0.15) is 17.5 Å². The largest absolute Gasteiger partial charge is 0.511 e. The van der Waals surface area contributed by atoms with Gasteiger partial charge in [-0.3, -0.25) is 4.79 Å². The van der Waals surface area contributed by atoms with E-state index in [1.165, 1.54) is 6.07 Å². The van der Waals surface area contributed by atoms with Gasteiger partial charge in [0.2, 0.25) is 0 Å². The summed E-state index contributed by atoms with van der Waals surface area (Å²) in [5, 5.41) is 8.53. The van der Waals surface area contributed by atoms with Gasteiger partial charge in [0, 0.05) is 65.9 Å². The molecule has 8 nitrogen and oxygen atoms in total. The average molecular weight is 684 g/mol. The van der Waals surface area contributed by atoms with E-state index >= 15 is 0 Å². The lowest BCUT2D eigenvalue weighted by atomic mass is 9.84. The van der Waals surface area contributed by atoms with Crippen LogP contribution >= 0.6 is 23.2 Å². The maximum absolute atomic E-state index is 13.1. The molecule has 0 aliphatic carbocycles. The van der Waals surface area contributed by atoms with Crippen molar-refractivity contribution < 1.29 is 26.3 Å². The van der Waals surface area contributed by atoms with E-state index in [2.05, 4.69) is 15.6 Å². The van der Waals surface area contributed by atoms with Crippen LogP contribution in [0.25, 0.3) is 10.9 Å². The van der Waals surface area contributed by atoms with E-state index in [0.29, 0.717) is 49.8 Å². The number of alkyl halides is 3. The number of hydrogen-bond donors (Lipinski definition) is 3. The zero-order valence-electron chi connectivity index (χ0n) is 24.1. The summed E-state index contributed by atoms with van der Waals surface area (Å²) < 4.78 is 68.8. The molecule has 0 amide bonds. The molecule has 2 heterocycles. The molecule has 0 unspecified atom stereocenters. The number of nitrogens with zero attached hydrogens (tertiary/aromatic N) is 1. The van der Waals surface area contributed by atoms with Crippen LogP contribution in [0.1, 0.15) is 35.4 Å². The minimum atomic E-state index is -5.41. The second-order valence-corrected chi connectivity index (χ2v) is 13.6. The van der Waals surface area contributed by atoms with Gasteiger partial charge in [-0.05, 0) is 65.9 Å². The van der Waals surface area contributed by atoms with Crippen molar-refractivity contribution in [2.75, 3.05) is 44.0 Å². The van der Waals surface area contributed by atoms with Gasteiger partial charge in [-0.25, -0.2) is 8.42 Å². The van der Waals surface area contributed by atoms with Crippen molar-refractivity contribution >= 4 is 55.5 Å². The number of anilines is 2. The Balaban J connectivity index is 1.58. The number of piperidine rings is 1. The maximum atomic E-state index is 13.1. The van der Waals surface area contributed by atoms with E-state index in [0.717, 1.165) is 16.7 Å². The summed E-state index contributed by atoms with van der Waals surface area (Å²) in [5.41, 5.74) is -1.27. The number of nitrogens with one attached hydrogen (secondary N) is 3. The Bertz CT molecular complexity index is 1770. The van der Waals surface area contributed by atoms with Crippen molar-refractivity contribution in [2.24, 2.45) is 0 Å². The van der Waals surface area contributed by atoms with Gasteiger partial charge in [0.25, 0.3) is 5.56 Å². The Labute approximate surface area is 268 Å². The number of hydrogen-bond acceptors (Lipinski definition) is 6. The van der Waals surface area contributed by atoms with Crippen LogP contribution in [0.5, 0.6) is 0 Å². The van der Waals surface area contributed by atoms with Crippen molar-refractivity contribution in [3.63, 3.8) is 0 Å². The third kappa shape index (κ3) is 7.41. The summed E-state index contributed by atoms with van der Waals surface area (Å²) in [6.45, 7) is 0.258. The quantitative estimate of drug-likeness (QED) is 0.126. The normalized spacial score (nSPS) is 15.1. The summed E-state index contributed by atoms with van der Waals surface area (Å²) in [6.07, 6.45) is 0.251. The SMILES string of the molecule is COCCNc1cc(C(c2ccc(Cl)cc2)c2ccc(Cl)cc2)cc2c(NC3CCN(S(=O)(=O)C(F)(F)F)CC3)cc(=O)[nH]c12. The summed E-state index contributed by atoms with van der Waals surface area (Å²) in [6, 6.07) is 20.0. The van der Waals surface area contributed by atoms with Crippen molar-refractivity contribution in [3.8, 4) is 0 Å². The lowest BCUT2D eigenvalue weighted by Crippen LogP contribution is -2.47. The lowest BCUT2D eigenvalue weighted by Gasteiger charge is -2.32. The van der Waals surface area contributed by atoms with Gasteiger partial charge >= 0.3 is 15.5 Å². The highest BCUT2D eigenvalue weighted by atomic mass is 35.5. The second-order valence-electron chi connectivity index (χ2n) is 10.8. The van der Waals surface area contributed by atoms with Crippen LogP contribution < -0.4 is 16.2 Å². The monoisotopic (exact) mass is 682 g/mol. The Morgan fingerprint density at radius 1 is 0.933 bits per heavy atom. The molecule has 1 fully saturated rings. The van der Waals surface area contributed by atoms with E-state index in [1.807, 2.05) is 60.7 Å². The fourth-order valence-corrected chi connectivity index (χ4v) is 6.82. The predicted octanol–water partition coefficient (Wildman–Crippen LogP) is 6.80. The topological polar surface area (TPSA) is 104 Å². The molecule has 0 atom stereocenters. The first-order valence-corrected chi connectivity index (χ1v) is 16.3. The zero-order valence-corrected chi connectivity index (χ0v) is 26.5. The van der Waals surface area contributed by atoms with Gasteiger partial charge < -0.3 is 20.4 Å². The molecule has 14 heteroatoms. The van der Waals surface area contributed by atoms with E-state index in [1.54, 1.807) is 7.11 Å². The van der Waals surface area contributed by atoms with Crippen molar-refractivity contribution in [3.05, 3.63) is 104 Å². The first-order chi connectivity index (χ1) is 21.4. The zero-order chi connectivity index (χ0) is 32.4.